The first-order chi connectivity index (χ1) is 13.9. The summed E-state index contributed by atoms with van der Waals surface area (Å²) in [5.74, 6) is -1.15. The summed E-state index contributed by atoms with van der Waals surface area (Å²) in [5, 5.41) is 5.00. The van der Waals surface area contributed by atoms with Crippen LogP contribution in [0.2, 0.25) is 0 Å². The van der Waals surface area contributed by atoms with E-state index in [1.807, 2.05) is 51.4 Å². The highest BCUT2D eigenvalue weighted by molar-refractivity contribution is 6.36. The standard InChI is InChI=1S/C12H16O.C9H15NO3.C2H7N/c1-2-3-7-12(10-13)11-8-5-4-6-9-11;1-3-4-5-8(12)9(13)10-6-7(2)11;1-3-2/h4-6,8-10,12H,2-3,7H2,1H3;3-6H2,1-2H3,(H,10,13);3H,1-2H3. The zero-order valence-electron chi connectivity index (χ0n) is 18.6. The van der Waals surface area contributed by atoms with E-state index in [1.54, 1.807) is 0 Å². The second kappa shape index (κ2) is 20.4. The number of unbranched alkanes of at least 4 members (excludes halogenated alkanes) is 2. The van der Waals surface area contributed by atoms with Gasteiger partial charge in [0.1, 0.15) is 12.1 Å². The Morgan fingerprint density at radius 1 is 1.00 bits per heavy atom. The van der Waals surface area contributed by atoms with E-state index in [2.05, 4.69) is 17.6 Å². The van der Waals surface area contributed by atoms with Crippen LogP contribution in [0.3, 0.4) is 0 Å². The molecule has 0 saturated heterocycles. The van der Waals surface area contributed by atoms with Crippen molar-refractivity contribution in [2.45, 2.75) is 65.2 Å². The molecule has 0 bridgehead atoms. The fourth-order valence-electron chi connectivity index (χ4n) is 2.19. The van der Waals surface area contributed by atoms with Crippen molar-refractivity contribution in [1.82, 2.24) is 10.6 Å². The fourth-order valence-corrected chi connectivity index (χ4v) is 2.19. The lowest BCUT2D eigenvalue weighted by molar-refractivity contribution is -0.138. The zero-order valence-corrected chi connectivity index (χ0v) is 18.6. The molecule has 0 aliphatic rings. The van der Waals surface area contributed by atoms with Gasteiger partial charge in [-0.25, -0.2) is 0 Å². The molecule has 2 N–H and O–H groups in total. The van der Waals surface area contributed by atoms with Crippen LogP contribution in [0.25, 0.3) is 0 Å². The Morgan fingerprint density at radius 2 is 1.55 bits per heavy atom. The van der Waals surface area contributed by atoms with Gasteiger partial charge in [-0.1, -0.05) is 63.4 Å². The maximum absolute atomic E-state index is 11.0. The smallest absolute Gasteiger partial charge is 0.287 e. The lowest BCUT2D eigenvalue weighted by atomic mass is 9.95. The van der Waals surface area contributed by atoms with Gasteiger partial charge in [0.25, 0.3) is 5.91 Å². The number of Topliss-reactive ketones (excluding diaryl/α,β-unsaturated/α-hetero) is 2. The molecule has 29 heavy (non-hydrogen) atoms. The summed E-state index contributed by atoms with van der Waals surface area (Å²) in [4.78, 5) is 43.2. The molecule has 0 spiro atoms. The van der Waals surface area contributed by atoms with Gasteiger partial charge in [-0.2, -0.15) is 0 Å². The summed E-state index contributed by atoms with van der Waals surface area (Å²) in [6.45, 7) is 5.39. The Kier molecular flexibility index (Phi) is 20.3. The normalized spacial score (nSPS) is 10.4. The van der Waals surface area contributed by atoms with Crippen molar-refractivity contribution >= 4 is 23.8 Å². The summed E-state index contributed by atoms with van der Waals surface area (Å²) in [5.41, 5.74) is 1.14. The molecular weight excluding hydrogens is 368 g/mol. The van der Waals surface area contributed by atoms with Gasteiger partial charge >= 0.3 is 0 Å². The molecule has 0 heterocycles. The van der Waals surface area contributed by atoms with Gasteiger partial charge in [0.2, 0.25) is 5.78 Å². The van der Waals surface area contributed by atoms with Gasteiger partial charge in [-0.15, -0.1) is 0 Å². The molecule has 0 aromatic heterocycles. The SMILES string of the molecule is CCCCC(=O)C(=O)NCC(C)=O.CCCCC(C=O)c1ccccc1.CNC. The van der Waals surface area contributed by atoms with Crippen molar-refractivity contribution in [2.75, 3.05) is 20.6 Å². The molecule has 1 aromatic rings. The van der Waals surface area contributed by atoms with Gasteiger partial charge in [0.15, 0.2) is 0 Å². The number of nitrogens with one attached hydrogen (secondary N) is 2. The first-order valence-corrected chi connectivity index (χ1v) is 10.3. The number of hydrogen-bond donors (Lipinski definition) is 2. The third-order valence-corrected chi connectivity index (χ3v) is 3.77. The number of aldehydes is 1. The molecule has 0 aliphatic heterocycles. The van der Waals surface area contributed by atoms with Gasteiger partial charge in [0.05, 0.1) is 6.54 Å². The van der Waals surface area contributed by atoms with Crippen LogP contribution in [-0.4, -0.2) is 44.4 Å². The molecule has 0 aliphatic carbocycles. The third kappa shape index (κ3) is 17.5. The number of rotatable bonds is 11. The quantitative estimate of drug-likeness (QED) is 0.434. The zero-order chi connectivity index (χ0) is 22.5. The van der Waals surface area contributed by atoms with Crippen molar-refractivity contribution < 1.29 is 19.2 Å². The molecule has 1 atom stereocenters. The van der Waals surface area contributed by atoms with E-state index in [9.17, 15) is 19.2 Å². The number of carbonyl (C=O) groups excluding carboxylic acids is 4. The van der Waals surface area contributed by atoms with Gasteiger partial charge in [0, 0.05) is 12.3 Å². The van der Waals surface area contributed by atoms with E-state index in [1.165, 1.54) is 6.92 Å². The van der Waals surface area contributed by atoms with Crippen LogP contribution in [0.1, 0.15) is 70.8 Å². The Hall–Kier alpha value is -2.34. The van der Waals surface area contributed by atoms with Crippen LogP contribution in [0.5, 0.6) is 0 Å². The maximum atomic E-state index is 11.0. The van der Waals surface area contributed by atoms with E-state index < -0.39 is 11.7 Å². The first-order valence-electron chi connectivity index (χ1n) is 10.3. The molecule has 1 unspecified atom stereocenters. The largest absolute Gasteiger partial charge is 0.342 e. The summed E-state index contributed by atoms with van der Waals surface area (Å²) in [7, 11) is 3.75. The summed E-state index contributed by atoms with van der Waals surface area (Å²) in [6, 6.07) is 9.99. The van der Waals surface area contributed by atoms with Gasteiger partial charge in [-0.3, -0.25) is 14.4 Å². The number of amides is 1. The maximum Gasteiger partial charge on any atom is 0.287 e. The van der Waals surface area contributed by atoms with E-state index in [-0.39, 0.29) is 24.7 Å². The summed E-state index contributed by atoms with van der Waals surface area (Å²) in [6.07, 6.45) is 6.17. The summed E-state index contributed by atoms with van der Waals surface area (Å²) < 4.78 is 0. The minimum atomic E-state index is -0.649. The van der Waals surface area contributed by atoms with Crippen molar-refractivity contribution in [3.05, 3.63) is 35.9 Å². The molecule has 6 heteroatoms. The van der Waals surface area contributed by atoms with E-state index in [0.29, 0.717) is 6.42 Å². The average molecular weight is 407 g/mol. The minimum absolute atomic E-state index is 0.0588. The highest BCUT2D eigenvalue weighted by Gasteiger charge is 2.12. The predicted octanol–water partition coefficient (Wildman–Crippen LogP) is 3.45. The molecule has 1 aromatic carbocycles. The minimum Gasteiger partial charge on any atom is -0.342 e. The Labute approximate surface area is 175 Å². The number of carbonyl (C=O) groups is 4. The van der Waals surface area contributed by atoms with Gasteiger partial charge in [-0.05, 0) is 39.4 Å². The summed E-state index contributed by atoms with van der Waals surface area (Å²) >= 11 is 0. The van der Waals surface area contributed by atoms with Crippen molar-refractivity contribution in [3.8, 4) is 0 Å². The van der Waals surface area contributed by atoms with Crippen LogP contribution >= 0.6 is 0 Å². The van der Waals surface area contributed by atoms with Crippen molar-refractivity contribution in [2.24, 2.45) is 0 Å². The van der Waals surface area contributed by atoms with Crippen molar-refractivity contribution in [3.63, 3.8) is 0 Å². The van der Waals surface area contributed by atoms with Gasteiger partial charge < -0.3 is 15.4 Å². The Morgan fingerprint density at radius 3 is 2.00 bits per heavy atom. The molecule has 1 rings (SSSR count). The first kappa shape index (κ1) is 28.9. The molecule has 1 amide bonds. The molecule has 0 radical (unpaired) electrons. The van der Waals surface area contributed by atoms with E-state index >= 15 is 0 Å². The fraction of sp³-hybridized carbons (Fsp3) is 0.565. The molecule has 6 nitrogen and oxygen atoms in total. The monoisotopic (exact) mass is 406 g/mol. The van der Waals surface area contributed by atoms with E-state index in [0.717, 1.165) is 37.5 Å². The van der Waals surface area contributed by atoms with Crippen LogP contribution < -0.4 is 10.6 Å². The second-order valence-corrected chi connectivity index (χ2v) is 6.71. The second-order valence-electron chi connectivity index (χ2n) is 6.71. The molecule has 0 saturated carbocycles. The predicted molar refractivity (Wildman–Crippen MR) is 118 cm³/mol. The topological polar surface area (TPSA) is 92.3 Å². The average Bonchev–Trinajstić information content (AvgIpc) is 2.72. The third-order valence-electron chi connectivity index (χ3n) is 3.77. The Bertz CT molecular complexity index is 574. The molecular formula is C23H38N2O4. The van der Waals surface area contributed by atoms with Crippen LogP contribution in [-0.2, 0) is 19.2 Å². The van der Waals surface area contributed by atoms with Crippen LogP contribution in [0, 0.1) is 0 Å². The number of hydrogen-bond acceptors (Lipinski definition) is 5. The highest BCUT2D eigenvalue weighted by atomic mass is 16.2. The van der Waals surface area contributed by atoms with Crippen LogP contribution in [0.15, 0.2) is 30.3 Å². The van der Waals surface area contributed by atoms with Crippen molar-refractivity contribution in [1.29, 1.82) is 0 Å². The number of benzene rings is 1. The number of ketones is 2. The lowest BCUT2D eigenvalue weighted by Crippen LogP contribution is -2.34. The highest BCUT2D eigenvalue weighted by Crippen LogP contribution is 2.19. The molecule has 164 valence electrons. The van der Waals surface area contributed by atoms with Crippen LogP contribution in [0.4, 0.5) is 0 Å². The Balaban J connectivity index is 0. The molecule has 0 fully saturated rings. The lowest BCUT2D eigenvalue weighted by Gasteiger charge is -2.08. The van der Waals surface area contributed by atoms with E-state index in [4.69, 9.17) is 0 Å².